The van der Waals surface area contributed by atoms with Crippen molar-refractivity contribution in [3.8, 4) is 0 Å². The monoisotopic (exact) mass is 252 g/mol. The number of rotatable bonds is 2. The molecule has 1 aromatic rings. The zero-order valence-corrected chi connectivity index (χ0v) is 11.4. The molecule has 2 rings (SSSR count). The summed E-state index contributed by atoms with van der Waals surface area (Å²) in [5, 5.41) is 6.92. The predicted molar refractivity (Wildman–Crippen MR) is 67.4 cm³/mol. The molecule has 0 aromatic carbocycles. The first-order chi connectivity index (χ1) is 8.36. The van der Waals surface area contributed by atoms with Crippen molar-refractivity contribution in [3.05, 3.63) is 5.89 Å². The van der Waals surface area contributed by atoms with Gasteiger partial charge in [0, 0.05) is 31.5 Å². The number of nitrogens with zero attached hydrogens (tertiary/aromatic N) is 3. The van der Waals surface area contributed by atoms with Crippen LogP contribution < -0.4 is 10.2 Å². The van der Waals surface area contributed by atoms with Crippen molar-refractivity contribution in [1.29, 1.82) is 0 Å². The fourth-order valence-electron chi connectivity index (χ4n) is 2.00. The lowest BCUT2D eigenvalue weighted by atomic mass is 9.97. The normalized spacial score (nSPS) is 20.2. The molecule has 1 amide bonds. The second kappa shape index (κ2) is 4.59. The summed E-state index contributed by atoms with van der Waals surface area (Å²) in [4.78, 5) is 17.5. The van der Waals surface area contributed by atoms with Crippen LogP contribution in [0.5, 0.6) is 0 Å². The summed E-state index contributed by atoms with van der Waals surface area (Å²) < 4.78 is 5.27. The first-order valence-corrected chi connectivity index (χ1v) is 6.22. The van der Waals surface area contributed by atoms with Crippen molar-refractivity contribution >= 4 is 11.9 Å². The highest BCUT2D eigenvalue weighted by atomic mass is 16.5. The zero-order valence-electron chi connectivity index (χ0n) is 11.4. The van der Waals surface area contributed by atoms with Gasteiger partial charge >= 0.3 is 0 Å². The fourth-order valence-corrected chi connectivity index (χ4v) is 2.00. The molecule has 1 atom stereocenters. The molecule has 18 heavy (non-hydrogen) atoms. The van der Waals surface area contributed by atoms with E-state index < -0.39 is 0 Å². The number of carbonyl (C=O) groups is 1. The van der Waals surface area contributed by atoms with Gasteiger partial charge in [-0.05, 0) is 11.6 Å². The number of nitrogens with one attached hydrogen (secondary N) is 1. The molecule has 1 unspecified atom stereocenters. The highest BCUT2D eigenvalue weighted by Crippen LogP contribution is 2.24. The summed E-state index contributed by atoms with van der Waals surface area (Å²) in [6, 6.07) is 0.180. The lowest BCUT2D eigenvalue weighted by Gasteiger charge is -2.14. The van der Waals surface area contributed by atoms with Gasteiger partial charge in [0.25, 0.3) is 5.95 Å². The van der Waals surface area contributed by atoms with Crippen LogP contribution in [0.25, 0.3) is 0 Å². The lowest BCUT2D eigenvalue weighted by molar-refractivity contribution is -0.119. The molecule has 100 valence electrons. The molecular formula is C12H20N4O2. The Morgan fingerprint density at radius 1 is 1.50 bits per heavy atom. The van der Waals surface area contributed by atoms with Gasteiger partial charge in [-0.1, -0.05) is 20.8 Å². The van der Waals surface area contributed by atoms with E-state index in [-0.39, 0.29) is 17.4 Å². The zero-order chi connectivity index (χ0) is 13.3. The molecule has 1 aromatic heterocycles. The van der Waals surface area contributed by atoms with Crippen LogP contribution in [0.1, 0.15) is 40.0 Å². The molecule has 1 aliphatic heterocycles. The van der Waals surface area contributed by atoms with Crippen molar-refractivity contribution in [2.75, 3.05) is 18.0 Å². The van der Waals surface area contributed by atoms with E-state index >= 15 is 0 Å². The number of amides is 1. The largest absolute Gasteiger partial charge is 0.352 e. The number of anilines is 1. The summed E-state index contributed by atoms with van der Waals surface area (Å²) in [5.74, 6) is 1.26. The number of carbonyl (C=O) groups excluding carboxylic acids is 1. The maximum absolute atomic E-state index is 11.0. The van der Waals surface area contributed by atoms with Gasteiger partial charge in [-0.25, -0.2) is 0 Å². The lowest BCUT2D eigenvalue weighted by Crippen LogP contribution is -2.35. The Bertz CT molecular complexity index is 436. The van der Waals surface area contributed by atoms with Gasteiger partial charge < -0.3 is 14.7 Å². The van der Waals surface area contributed by atoms with Crippen LogP contribution in [0.15, 0.2) is 4.52 Å². The molecule has 0 spiro atoms. The van der Waals surface area contributed by atoms with Gasteiger partial charge in [-0.2, -0.15) is 4.98 Å². The topological polar surface area (TPSA) is 71.3 Å². The quantitative estimate of drug-likeness (QED) is 0.853. The first kappa shape index (κ1) is 12.9. The van der Waals surface area contributed by atoms with Gasteiger partial charge in [0.1, 0.15) is 0 Å². The van der Waals surface area contributed by atoms with Gasteiger partial charge in [0.05, 0.1) is 0 Å². The standard InChI is InChI=1S/C12H20N4O2/c1-8(17)13-9-5-6-16(7-9)11-14-10(18-15-11)12(2,3)4/h9H,5-7H2,1-4H3,(H,13,17). The van der Waals surface area contributed by atoms with Crippen LogP contribution in [0.4, 0.5) is 5.95 Å². The maximum atomic E-state index is 11.0. The molecule has 0 radical (unpaired) electrons. The molecule has 1 N–H and O–H groups in total. The molecule has 1 saturated heterocycles. The number of hydrogen-bond donors (Lipinski definition) is 1. The molecule has 0 bridgehead atoms. The second-order valence-corrected chi connectivity index (χ2v) is 5.78. The van der Waals surface area contributed by atoms with Crippen LogP contribution in [-0.2, 0) is 10.2 Å². The Morgan fingerprint density at radius 3 is 2.78 bits per heavy atom. The van der Waals surface area contributed by atoms with Gasteiger partial charge in [0.15, 0.2) is 0 Å². The predicted octanol–water partition coefficient (Wildman–Crippen LogP) is 1.08. The third-order valence-electron chi connectivity index (χ3n) is 2.94. The molecule has 2 heterocycles. The Hall–Kier alpha value is -1.59. The minimum absolute atomic E-state index is 0.00495. The minimum atomic E-state index is -0.137. The Morgan fingerprint density at radius 2 is 2.22 bits per heavy atom. The van der Waals surface area contributed by atoms with E-state index in [1.54, 1.807) is 0 Å². The average molecular weight is 252 g/mol. The highest BCUT2D eigenvalue weighted by molar-refractivity contribution is 5.73. The maximum Gasteiger partial charge on any atom is 0.266 e. The van der Waals surface area contributed by atoms with Crippen LogP contribution in [0, 0.1) is 0 Å². The second-order valence-electron chi connectivity index (χ2n) is 5.78. The van der Waals surface area contributed by atoms with E-state index in [1.807, 2.05) is 25.7 Å². The Balaban J connectivity index is 2.01. The van der Waals surface area contributed by atoms with Gasteiger partial charge in [-0.3, -0.25) is 4.79 Å². The third kappa shape index (κ3) is 2.80. The Kier molecular flexibility index (Phi) is 3.28. The molecule has 6 nitrogen and oxygen atoms in total. The average Bonchev–Trinajstić information content (AvgIpc) is 2.81. The summed E-state index contributed by atoms with van der Waals surface area (Å²) in [6.07, 6.45) is 0.916. The van der Waals surface area contributed by atoms with Gasteiger partial charge in [0.2, 0.25) is 11.8 Å². The van der Waals surface area contributed by atoms with E-state index in [9.17, 15) is 4.79 Å². The smallest absolute Gasteiger partial charge is 0.266 e. The molecule has 1 fully saturated rings. The summed E-state index contributed by atoms with van der Waals surface area (Å²) in [7, 11) is 0. The van der Waals surface area contributed by atoms with E-state index in [4.69, 9.17) is 4.52 Å². The molecule has 0 saturated carbocycles. The summed E-state index contributed by atoms with van der Waals surface area (Å²) in [5.41, 5.74) is -0.137. The number of hydrogen-bond acceptors (Lipinski definition) is 5. The molecular weight excluding hydrogens is 232 g/mol. The molecule has 6 heteroatoms. The van der Waals surface area contributed by atoms with E-state index in [0.717, 1.165) is 19.5 Å². The van der Waals surface area contributed by atoms with E-state index in [2.05, 4.69) is 15.5 Å². The summed E-state index contributed by atoms with van der Waals surface area (Å²) in [6.45, 7) is 9.22. The van der Waals surface area contributed by atoms with Gasteiger partial charge in [-0.15, -0.1) is 0 Å². The molecule has 0 aliphatic carbocycles. The van der Waals surface area contributed by atoms with Crippen molar-refractivity contribution in [2.24, 2.45) is 0 Å². The van der Waals surface area contributed by atoms with Crippen LogP contribution in [-0.4, -0.2) is 35.2 Å². The van der Waals surface area contributed by atoms with E-state index in [0.29, 0.717) is 11.8 Å². The SMILES string of the molecule is CC(=O)NC1CCN(c2noc(C(C)(C)C)n2)C1. The van der Waals surface area contributed by atoms with Crippen molar-refractivity contribution in [2.45, 2.75) is 45.6 Å². The van der Waals surface area contributed by atoms with Crippen molar-refractivity contribution < 1.29 is 9.32 Å². The van der Waals surface area contributed by atoms with Crippen molar-refractivity contribution in [3.63, 3.8) is 0 Å². The van der Waals surface area contributed by atoms with Crippen molar-refractivity contribution in [1.82, 2.24) is 15.5 Å². The van der Waals surface area contributed by atoms with Crippen LogP contribution in [0.3, 0.4) is 0 Å². The number of aromatic nitrogens is 2. The minimum Gasteiger partial charge on any atom is -0.352 e. The van der Waals surface area contributed by atoms with Crippen LogP contribution in [0.2, 0.25) is 0 Å². The fraction of sp³-hybridized carbons (Fsp3) is 0.750. The van der Waals surface area contributed by atoms with E-state index in [1.165, 1.54) is 6.92 Å². The van der Waals surface area contributed by atoms with Crippen LogP contribution >= 0.6 is 0 Å². The highest BCUT2D eigenvalue weighted by Gasteiger charge is 2.28. The molecule has 1 aliphatic rings. The summed E-state index contributed by atoms with van der Waals surface area (Å²) >= 11 is 0. The Labute approximate surface area is 107 Å². The third-order valence-corrected chi connectivity index (χ3v) is 2.94. The first-order valence-electron chi connectivity index (χ1n) is 6.22.